The summed E-state index contributed by atoms with van der Waals surface area (Å²) in [6.07, 6.45) is 17.6. The molecule has 0 atom stereocenters. The summed E-state index contributed by atoms with van der Waals surface area (Å²) < 4.78 is 0. The van der Waals surface area contributed by atoms with E-state index in [1.807, 2.05) is 0 Å². The van der Waals surface area contributed by atoms with Gasteiger partial charge >= 0.3 is 132 Å². The Labute approximate surface area is 132 Å². The fourth-order valence-corrected chi connectivity index (χ4v) is 5.75. The fraction of sp³-hybridized carbons (Fsp3) is 1.00. The molecule has 0 aliphatic heterocycles. The van der Waals surface area contributed by atoms with Gasteiger partial charge in [0.25, 0.3) is 0 Å². The van der Waals surface area contributed by atoms with E-state index < -0.39 is 6.90 Å². The molecule has 4 heteroatoms. The van der Waals surface area contributed by atoms with E-state index in [4.69, 9.17) is 0 Å². The third-order valence-electron chi connectivity index (χ3n) is 5.33. The van der Waals surface area contributed by atoms with Gasteiger partial charge in [0.05, 0.1) is 0 Å². The van der Waals surface area contributed by atoms with Gasteiger partial charge < -0.3 is 0 Å². The monoisotopic (exact) mass is 296 g/mol. The van der Waals surface area contributed by atoms with Crippen LogP contribution >= 0.6 is 6.90 Å². The van der Waals surface area contributed by atoms with Gasteiger partial charge in [-0.3, -0.25) is 0 Å². The normalized spacial score (nSPS) is 12.8. The SMILES string of the molecule is B[PH](B)(BC)C(CCCCCCC)CCCCCCC. The van der Waals surface area contributed by atoms with Gasteiger partial charge in [0.2, 0.25) is 0 Å². The molecule has 0 aliphatic rings. The maximum absolute atomic E-state index is 2.63. The molecule has 0 saturated carbocycles. The Morgan fingerprint density at radius 3 is 1.50 bits per heavy atom. The topological polar surface area (TPSA) is 0 Å². The molecule has 0 aromatic carbocycles. The first-order valence-corrected chi connectivity index (χ1v) is 12.9. The molecule has 0 fully saturated rings. The van der Waals surface area contributed by atoms with Crippen LogP contribution in [0.4, 0.5) is 0 Å². The molecule has 0 heterocycles. The summed E-state index contributed by atoms with van der Waals surface area (Å²) in [6.45, 7) is 7.59. The maximum atomic E-state index is 2.63. The van der Waals surface area contributed by atoms with E-state index in [0.29, 0.717) is 0 Å². The Balaban J connectivity index is 3.96. The molecule has 0 aromatic heterocycles. The van der Waals surface area contributed by atoms with Crippen molar-refractivity contribution in [2.24, 2.45) is 0 Å². The van der Waals surface area contributed by atoms with Crippen molar-refractivity contribution >= 4 is 29.0 Å². The van der Waals surface area contributed by atoms with Crippen LogP contribution in [0.15, 0.2) is 0 Å². The van der Waals surface area contributed by atoms with Crippen LogP contribution in [0.25, 0.3) is 0 Å². The Kier molecular flexibility index (Phi) is 13.7. The van der Waals surface area contributed by atoms with Gasteiger partial charge in [-0.15, -0.1) is 0 Å². The van der Waals surface area contributed by atoms with Crippen LogP contribution in [0.1, 0.15) is 90.9 Å². The second-order valence-corrected chi connectivity index (χ2v) is 12.9. The van der Waals surface area contributed by atoms with E-state index in [9.17, 15) is 0 Å². The first kappa shape index (κ1) is 20.6. The van der Waals surface area contributed by atoms with Gasteiger partial charge in [-0.05, 0) is 0 Å². The Bertz CT molecular complexity index is 196. The number of hydrogen-bond donors (Lipinski definition) is 0. The van der Waals surface area contributed by atoms with E-state index in [2.05, 4.69) is 35.8 Å². The van der Waals surface area contributed by atoms with E-state index in [1.165, 1.54) is 84.0 Å². The van der Waals surface area contributed by atoms with E-state index >= 15 is 0 Å². The molecule has 0 rings (SSSR count). The molecule has 0 bridgehead atoms. The van der Waals surface area contributed by atoms with Gasteiger partial charge in [-0.25, -0.2) is 0 Å². The summed E-state index contributed by atoms with van der Waals surface area (Å²) in [5, 5.41) is 0. The van der Waals surface area contributed by atoms with Crippen molar-refractivity contribution in [3.8, 4) is 0 Å². The van der Waals surface area contributed by atoms with Gasteiger partial charge in [-0.1, -0.05) is 0 Å². The summed E-state index contributed by atoms with van der Waals surface area (Å²) in [4.78, 5) is 0. The molecule has 0 nitrogen and oxygen atoms in total. The summed E-state index contributed by atoms with van der Waals surface area (Å²) >= 11 is 0. The van der Waals surface area contributed by atoms with E-state index in [0.717, 1.165) is 5.66 Å². The summed E-state index contributed by atoms with van der Waals surface area (Å²) in [5.74, 6) is 0. The fourth-order valence-electron chi connectivity index (χ4n) is 3.20. The number of unbranched alkanes of at least 4 members (excludes halogenated alkanes) is 8. The van der Waals surface area contributed by atoms with Crippen LogP contribution in [-0.4, -0.2) is 27.8 Å². The minimum atomic E-state index is -0.944. The van der Waals surface area contributed by atoms with Crippen molar-refractivity contribution in [2.75, 3.05) is 0 Å². The zero-order chi connectivity index (χ0) is 15.3. The number of hydrogen-bond acceptors (Lipinski definition) is 0. The molecule has 0 aliphatic carbocycles. The number of rotatable bonds is 14. The van der Waals surface area contributed by atoms with Crippen molar-refractivity contribution in [2.45, 2.75) is 103 Å². The molecule has 0 amide bonds. The zero-order valence-corrected chi connectivity index (χ0v) is 16.3. The van der Waals surface area contributed by atoms with Gasteiger partial charge in [-0.2, -0.15) is 0 Å². The van der Waals surface area contributed by atoms with Crippen LogP contribution in [0, 0.1) is 0 Å². The zero-order valence-electron chi connectivity index (χ0n) is 15.3. The third-order valence-corrected chi connectivity index (χ3v) is 9.94. The Morgan fingerprint density at radius 1 is 0.750 bits per heavy atom. The summed E-state index contributed by atoms with van der Waals surface area (Å²) in [6, 6.07) is 0. The summed E-state index contributed by atoms with van der Waals surface area (Å²) in [7, 11) is 5.27. The predicted molar refractivity (Wildman–Crippen MR) is 109 cm³/mol. The average molecular weight is 296 g/mol. The molecule has 118 valence electrons. The van der Waals surface area contributed by atoms with Crippen molar-refractivity contribution in [1.29, 1.82) is 0 Å². The molecule has 0 unspecified atom stereocenters. The van der Waals surface area contributed by atoms with Gasteiger partial charge in [0.15, 0.2) is 0 Å². The van der Waals surface area contributed by atoms with Crippen LogP contribution in [0.5, 0.6) is 0 Å². The van der Waals surface area contributed by atoms with Crippen LogP contribution in [0.3, 0.4) is 0 Å². The van der Waals surface area contributed by atoms with E-state index in [1.54, 1.807) is 0 Å². The van der Waals surface area contributed by atoms with Gasteiger partial charge in [0, 0.05) is 0 Å². The third kappa shape index (κ3) is 10.4. The minimum absolute atomic E-state index is 0.944. The molecular formula is C16H40B3P. The predicted octanol–water partition coefficient (Wildman–Crippen LogP) is 4.32. The first-order valence-electron chi connectivity index (χ1n) is 9.58. The standard InChI is InChI=1S/C16H40B3P/c1-4-6-8-10-12-14-16(20(17,18)19-3)15-13-11-9-7-5-2/h16,19-20H,4-15,17-18H2,1-3H3. The van der Waals surface area contributed by atoms with Crippen LogP contribution in [0.2, 0.25) is 6.82 Å². The molecule has 20 heavy (non-hydrogen) atoms. The van der Waals surface area contributed by atoms with Crippen molar-refractivity contribution < 1.29 is 0 Å². The Morgan fingerprint density at radius 2 is 1.15 bits per heavy atom. The first-order chi connectivity index (χ1) is 9.58. The quantitative estimate of drug-likeness (QED) is 0.254. The molecule has 0 aromatic rings. The van der Waals surface area contributed by atoms with Crippen molar-refractivity contribution in [3.05, 3.63) is 0 Å². The second kappa shape index (κ2) is 13.3. The van der Waals surface area contributed by atoms with E-state index in [-0.39, 0.29) is 0 Å². The summed E-state index contributed by atoms with van der Waals surface area (Å²) in [5.41, 5.74) is 1.09. The molecule has 0 radical (unpaired) electrons. The molecule has 0 N–H and O–H groups in total. The van der Waals surface area contributed by atoms with Crippen LogP contribution < -0.4 is 0 Å². The van der Waals surface area contributed by atoms with Gasteiger partial charge in [0.1, 0.15) is 0 Å². The van der Waals surface area contributed by atoms with Crippen molar-refractivity contribution in [3.63, 3.8) is 0 Å². The molecule has 0 spiro atoms. The molecular weight excluding hydrogens is 256 g/mol. The Hall–Kier alpha value is 0.625. The van der Waals surface area contributed by atoms with Crippen molar-refractivity contribution in [1.82, 2.24) is 0 Å². The van der Waals surface area contributed by atoms with Crippen LogP contribution in [-0.2, 0) is 0 Å². The average Bonchev–Trinajstić information content (AvgIpc) is 2.44. The molecule has 0 saturated heterocycles. The second-order valence-electron chi connectivity index (χ2n) is 7.44.